The largest absolute Gasteiger partial charge is 0.357 e. The van der Waals surface area contributed by atoms with Crippen molar-refractivity contribution in [3.8, 4) is 0 Å². The Hall–Kier alpha value is -0.0800. The maximum absolute atomic E-state index is 4.62. The standard InChI is InChI=1S/C13H18BrN3S.HI/c1-2-15-13(17-11-5-3-4-6-11)16-8-12-7-10(14)9-18-12;/h3-4,7,9,11H,2,5-6,8H2,1H3,(H2,15,16,17);1H. The highest BCUT2D eigenvalue weighted by atomic mass is 127. The minimum absolute atomic E-state index is 0. The monoisotopic (exact) mass is 455 g/mol. The second-order valence-corrected chi connectivity index (χ2v) is 6.12. The second kappa shape index (κ2) is 8.97. The minimum Gasteiger partial charge on any atom is -0.357 e. The molecule has 0 saturated carbocycles. The van der Waals surface area contributed by atoms with Crippen LogP contribution in [-0.2, 0) is 6.54 Å². The maximum Gasteiger partial charge on any atom is 0.191 e. The molecule has 0 unspecified atom stereocenters. The number of rotatable bonds is 4. The van der Waals surface area contributed by atoms with Crippen LogP contribution in [0.1, 0.15) is 24.6 Å². The summed E-state index contributed by atoms with van der Waals surface area (Å²) in [5.74, 6) is 0.913. The highest BCUT2D eigenvalue weighted by Gasteiger charge is 2.11. The van der Waals surface area contributed by atoms with E-state index in [0.717, 1.165) is 36.4 Å². The summed E-state index contributed by atoms with van der Waals surface area (Å²) < 4.78 is 1.13. The molecule has 0 bridgehead atoms. The van der Waals surface area contributed by atoms with Crippen LogP contribution in [0.2, 0.25) is 0 Å². The Kier molecular flexibility index (Phi) is 8.01. The van der Waals surface area contributed by atoms with Gasteiger partial charge in [-0.2, -0.15) is 0 Å². The highest BCUT2D eigenvalue weighted by Crippen LogP contribution is 2.20. The quantitative estimate of drug-likeness (QED) is 0.312. The number of hydrogen-bond donors (Lipinski definition) is 2. The number of nitrogens with one attached hydrogen (secondary N) is 2. The lowest BCUT2D eigenvalue weighted by Crippen LogP contribution is -2.42. The van der Waals surface area contributed by atoms with Crippen molar-refractivity contribution < 1.29 is 0 Å². The second-order valence-electron chi connectivity index (χ2n) is 4.21. The van der Waals surface area contributed by atoms with E-state index < -0.39 is 0 Å². The first-order valence-electron chi connectivity index (χ1n) is 6.20. The Morgan fingerprint density at radius 2 is 2.21 bits per heavy atom. The van der Waals surface area contributed by atoms with Gasteiger partial charge >= 0.3 is 0 Å². The molecule has 1 heterocycles. The van der Waals surface area contributed by atoms with Crippen LogP contribution in [0.4, 0.5) is 0 Å². The van der Waals surface area contributed by atoms with Crippen LogP contribution in [0.3, 0.4) is 0 Å². The molecule has 1 aromatic rings. The third-order valence-corrected chi connectivity index (χ3v) is 4.39. The van der Waals surface area contributed by atoms with Crippen molar-refractivity contribution in [2.45, 2.75) is 32.4 Å². The molecule has 0 saturated heterocycles. The zero-order valence-corrected chi connectivity index (χ0v) is 15.6. The van der Waals surface area contributed by atoms with Crippen LogP contribution in [0.15, 0.2) is 33.1 Å². The van der Waals surface area contributed by atoms with Crippen LogP contribution in [-0.4, -0.2) is 18.5 Å². The van der Waals surface area contributed by atoms with Gasteiger partial charge in [0, 0.05) is 27.3 Å². The van der Waals surface area contributed by atoms with Crippen molar-refractivity contribution in [1.29, 1.82) is 0 Å². The van der Waals surface area contributed by atoms with E-state index in [9.17, 15) is 0 Å². The summed E-state index contributed by atoms with van der Waals surface area (Å²) >= 11 is 5.19. The van der Waals surface area contributed by atoms with Gasteiger partial charge < -0.3 is 10.6 Å². The van der Waals surface area contributed by atoms with Gasteiger partial charge in [0.25, 0.3) is 0 Å². The molecule has 0 spiro atoms. The third kappa shape index (κ3) is 5.83. The van der Waals surface area contributed by atoms with Crippen molar-refractivity contribution in [2.24, 2.45) is 4.99 Å². The Balaban J connectivity index is 0.00000180. The van der Waals surface area contributed by atoms with E-state index >= 15 is 0 Å². The molecule has 6 heteroatoms. The number of guanidine groups is 1. The van der Waals surface area contributed by atoms with Crippen LogP contribution >= 0.6 is 51.2 Å². The summed E-state index contributed by atoms with van der Waals surface area (Å²) in [4.78, 5) is 5.88. The van der Waals surface area contributed by atoms with Crippen molar-refractivity contribution in [1.82, 2.24) is 10.6 Å². The lowest BCUT2D eigenvalue weighted by Gasteiger charge is -2.16. The predicted octanol–water partition coefficient (Wildman–Crippen LogP) is 3.90. The normalized spacial score (nSPS) is 15.4. The van der Waals surface area contributed by atoms with Crippen molar-refractivity contribution in [3.05, 3.63) is 32.9 Å². The summed E-state index contributed by atoms with van der Waals surface area (Å²) in [5.41, 5.74) is 0. The minimum atomic E-state index is 0. The van der Waals surface area contributed by atoms with Crippen LogP contribution in [0, 0.1) is 0 Å². The molecule has 0 aromatic carbocycles. The van der Waals surface area contributed by atoms with Gasteiger partial charge in [-0.3, -0.25) is 0 Å². The van der Waals surface area contributed by atoms with Crippen LogP contribution in [0.5, 0.6) is 0 Å². The fourth-order valence-electron chi connectivity index (χ4n) is 1.84. The Labute approximate surface area is 144 Å². The molecule has 0 aliphatic heterocycles. The van der Waals surface area contributed by atoms with Gasteiger partial charge in [0.15, 0.2) is 5.96 Å². The van der Waals surface area contributed by atoms with Crippen molar-refractivity contribution in [3.63, 3.8) is 0 Å². The topological polar surface area (TPSA) is 36.4 Å². The van der Waals surface area contributed by atoms with Gasteiger partial charge in [-0.25, -0.2) is 4.99 Å². The summed E-state index contributed by atoms with van der Waals surface area (Å²) in [6, 6.07) is 2.62. The molecule has 106 valence electrons. The van der Waals surface area contributed by atoms with E-state index in [1.807, 2.05) is 0 Å². The first kappa shape index (κ1) is 17.0. The van der Waals surface area contributed by atoms with Gasteiger partial charge in [-0.05, 0) is 41.8 Å². The van der Waals surface area contributed by atoms with Gasteiger partial charge in [0.2, 0.25) is 0 Å². The van der Waals surface area contributed by atoms with Crippen LogP contribution < -0.4 is 10.6 Å². The average molecular weight is 456 g/mol. The van der Waals surface area contributed by atoms with Crippen molar-refractivity contribution >= 4 is 57.2 Å². The molecule has 0 radical (unpaired) electrons. The molecule has 19 heavy (non-hydrogen) atoms. The van der Waals surface area contributed by atoms with Crippen molar-refractivity contribution in [2.75, 3.05) is 6.54 Å². The summed E-state index contributed by atoms with van der Waals surface area (Å²) in [6.45, 7) is 3.71. The van der Waals surface area contributed by atoms with Gasteiger partial charge in [-0.15, -0.1) is 35.3 Å². The molecular formula is C13H19BrIN3S. The Morgan fingerprint density at radius 1 is 1.47 bits per heavy atom. The lowest BCUT2D eigenvalue weighted by molar-refractivity contribution is 0.633. The molecule has 0 amide bonds. The van der Waals surface area contributed by atoms with E-state index in [2.05, 4.69) is 62.1 Å². The fraction of sp³-hybridized carbons (Fsp3) is 0.462. The number of halogens is 2. The molecule has 1 aliphatic rings. The van der Waals surface area contributed by atoms with E-state index in [-0.39, 0.29) is 24.0 Å². The molecule has 2 N–H and O–H groups in total. The average Bonchev–Trinajstić information content (AvgIpc) is 2.98. The Bertz CT molecular complexity index is 437. The van der Waals surface area contributed by atoms with E-state index in [1.54, 1.807) is 11.3 Å². The van der Waals surface area contributed by atoms with Gasteiger partial charge in [0.05, 0.1) is 6.54 Å². The number of hydrogen-bond acceptors (Lipinski definition) is 2. The van der Waals surface area contributed by atoms with E-state index in [4.69, 9.17) is 0 Å². The lowest BCUT2D eigenvalue weighted by atomic mass is 10.2. The molecule has 2 rings (SSSR count). The van der Waals surface area contributed by atoms with Crippen LogP contribution in [0.25, 0.3) is 0 Å². The zero-order chi connectivity index (χ0) is 12.8. The summed E-state index contributed by atoms with van der Waals surface area (Å²) in [7, 11) is 0. The number of nitrogens with zero attached hydrogens (tertiary/aromatic N) is 1. The SMILES string of the molecule is CCNC(=NCc1cc(Br)cs1)NC1CC=CC1.I. The first-order chi connectivity index (χ1) is 8.78. The maximum atomic E-state index is 4.62. The summed E-state index contributed by atoms with van der Waals surface area (Å²) in [6.07, 6.45) is 6.62. The molecule has 1 aromatic heterocycles. The molecule has 0 fully saturated rings. The Morgan fingerprint density at radius 3 is 2.79 bits per heavy atom. The van der Waals surface area contributed by atoms with E-state index in [0.29, 0.717) is 6.04 Å². The smallest absolute Gasteiger partial charge is 0.191 e. The van der Waals surface area contributed by atoms with Gasteiger partial charge in [0.1, 0.15) is 0 Å². The molecule has 0 atom stereocenters. The molecule has 1 aliphatic carbocycles. The first-order valence-corrected chi connectivity index (χ1v) is 7.88. The predicted molar refractivity (Wildman–Crippen MR) is 97.5 cm³/mol. The fourth-order valence-corrected chi connectivity index (χ4v) is 3.22. The third-order valence-electron chi connectivity index (χ3n) is 2.71. The number of aliphatic imine (C=N–C) groups is 1. The van der Waals surface area contributed by atoms with Gasteiger partial charge in [-0.1, -0.05) is 12.2 Å². The van der Waals surface area contributed by atoms with E-state index in [1.165, 1.54) is 4.88 Å². The molecule has 3 nitrogen and oxygen atoms in total. The molecular weight excluding hydrogens is 437 g/mol. The zero-order valence-electron chi connectivity index (χ0n) is 10.9. The summed E-state index contributed by atoms with van der Waals surface area (Å²) in [5, 5.41) is 8.84. The highest BCUT2D eigenvalue weighted by molar-refractivity contribution is 14.0. The number of thiophene rings is 1.